The van der Waals surface area contributed by atoms with Gasteiger partial charge in [0.2, 0.25) is 5.91 Å². The zero-order valence-corrected chi connectivity index (χ0v) is 19.7. The summed E-state index contributed by atoms with van der Waals surface area (Å²) >= 11 is 6.22. The topological polar surface area (TPSA) is 106 Å². The molecule has 8 nitrogen and oxygen atoms in total. The van der Waals surface area contributed by atoms with Crippen molar-refractivity contribution in [2.45, 2.75) is 45.6 Å². The summed E-state index contributed by atoms with van der Waals surface area (Å²) in [5.74, 6) is -0.575. The van der Waals surface area contributed by atoms with Crippen LogP contribution in [-0.4, -0.2) is 50.9 Å². The quantitative estimate of drug-likeness (QED) is 0.528. The molecule has 33 heavy (non-hydrogen) atoms. The average Bonchev–Trinajstić information content (AvgIpc) is 3.44. The number of aryl methyl sites for hydroxylation is 2. The van der Waals surface area contributed by atoms with E-state index in [1.54, 1.807) is 4.52 Å². The maximum Gasteiger partial charge on any atom is 0.254 e. The number of benzene rings is 1. The van der Waals surface area contributed by atoms with Gasteiger partial charge in [0.1, 0.15) is 5.56 Å². The van der Waals surface area contributed by atoms with E-state index in [0.717, 1.165) is 35.6 Å². The molecule has 0 bridgehead atoms. The molecule has 1 atom stereocenters. The third kappa shape index (κ3) is 5.02. The molecule has 9 heteroatoms. The van der Waals surface area contributed by atoms with Crippen molar-refractivity contribution in [3.05, 3.63) is 63.6 Å². The molecule has 0 radical (unpaired) electrons. The number of nitrogens with zero attached hydrogens (tertiary/aromatic N) is 4. The molecule has 4 rings (SSSR count). The molecular formula is C24H29ClN6O2. The number of hydrogen-bond acceptors (Lipinski definition) is 5. The minimum atomic E-state index is -0.560. The fourth-order valence-electron chi connectivity index (χ4n) is 4.61. The largest absolute Gasteiger partial charge is 0.365 e. The molecule has 1 aliphatic rings. The van der Waals surface area contributed by atoms with Crippen LogP contribution < -0.4 is 11.1 Å². The Bertz CT molecular complexity index is 1190. The molecule has 0 saturated carbocycles. The number of primary amides is 1. The first kappa shape index (κ1) is 23.2. The summed E-state index contributed by atoms with van der Waals surface area (Å²) in [4.78, 5) is 31.3. The zero-order valence-electron chi connectivity index (χ0n) is 19.0. The second-order valence-electron chi connectivity index (χ2n) is 8.54. The van der Waals surface area contributed by atoms with Crippen LogP contribution in [0.3, 0.4) is 0 Å². The summed E-state index contributed by atoms with van der Waals surface area (Å²) in [7, 11) is 0. The maximum atomic E-state index is 12.8. The number of carbonyl (C=O) groups is 2. The van der Waals surface area contributed by atoms with Crippen LogP contribution in [0.5, 0.6) is 0 Å². The minimum absolute atomic E-state index is 0.0154. The summed E-state index contributed by atoms with van der Waals surface area (Å²) in [6, 6.07) is 7.98. The third-order valence-electron chi connectivity index (χ3n) is 6.38. The standard InChI is InChI=1S/C24H29ClN6O2/c1-15-19(16(2)31-24(29-15)20(13-28-31)23(26)33)8-9-22(32)27-14-21(30-10-3-4-11-30)17-6-5-7-18(25)12-17/h5-7,12-13,21H,3-4,8-11,14H2,1-2H3,(H2,26,33)(H,27,32). The lowest BCUT2D eigenvalue weighted by Crippen LogP contribution is -2.37. The predicted molar refractivity (Wildman–Crippen MR) is 127 cm³/mol. The van der Waals surface area contributed by atoms with E-state index in [1.165, 1.54) is 19.0 Å². The summed E-state index contributed by atoms with van der Waals surface area (Å²) in [6.07, 6.45) is 4.64. The number of amides is 2. The fraction of sp³-hybridized carbons (Fsp3) is 0.417. The Kier molecular flexibility index (Phi) is 6.95. The molecule has 1 fully saturated rings. The van der Waals surface area contributed by atoms with Crippen molar-refractivity contribution >= 4 is 29.1 Å². The van der Waals surface area contributed by atoms with Gasteiger partial charge in [0.15, 0.2) is 5.65 Å². The van der Waals surface area contributed by atoms with Gasteiger partial charge in [0.05, 0.1) is 12.2 Å². The molecule has 1 aromatic carbocycles. The van der Waals surface area contributed by atoms with Gasteiger partial charge in [-0.1, -0.05) is 23.7 Å². The molecule has 1 aliphatic heterocycles. The molecule has 1 saturated heterocycles. The molecule has 0 aliphatic carbocycles. The van der Waals surface area contributed by atoms with Gasteiger partial charge < -0.3 is 11.1 Å². The summed E-state index contributed by atoms with van der Waals surface area (Å²) in [5.41, 5.74) is 9.84. The van der Waals surface area contributed by atoms with Crippen molar-refractivity contribution in [3.63, 3.8) is 0 Å². The van der Waals surface area contributed by atoms with E-state index in [9.17, 15) is 9.59 Å². The average molecular weight is 469 g/mol. The number of fused-ring (bicyclic) bond motifs is 1. The maximum absolute atomic E-state index is 12.8. The normalized spacial score (nSPS) is 15.1. The van der Waals surface area contributed by atoms with E-state index in [0.29, 0.717) is 35.6 Å². The van der Waals surface area contributed by atoms with Crippen LogP contribution in [-0.2, 0) is 11.2 Å². The number of aromatic nitrogens is 3. The van der Waals surface area contributed by atoms with Gasteiger partial charge in [0, 0.05) is 29.4 Å². The molecule has 0 spiro atoms. The number of likely N-dealkylation sites (tertiary alicyclic amines) is 1. The van der Waals surface area contributed by atoms with Gasteiger partial charge in [-0.3, -0.25) is 14.5 Å². The molecule has 3 aromatic rings. The molecule has 2 aromatic heterocycles. The number of nitrogens with one attached hydrogen (secondary N) is 1. The highest BCUT2D eigenvalue weighted by Gasteiger charge is 2.24. The van der Waals surface area contributed by atoms with Gasteiger partial charge in [-0.2, -0.15) is 5.10 Å². The molecular weight excluding hydrogens is 440 g/mol. The first-order valence-corrected chi connectivity index (χ1v) is 11.6. The smallest absolute Gasteiger partial charge is 0.254 e. The highest BCUT2D eigenvalue weighted by atomic mass is 35.5. The Morgan fingerprint density at radius 2 is 2.00 bits per heavy atom. The second kappa shape index (κ2) is 9.89. The first-order valence-electron chi connectivity index (χ1n) is 11.2. The lowest BCUT2D eigenvalue weighted by atomic mass is 10.0. The van der Waals surface area contributed by atoms with Gasteiger partial charge in [0.25, 0.3) is 5.91 Å². The Morgan fingerprint density at radius 3 is 2.70 bits per heavy atom. The zero-order chi connectivity index (χ0) is 23.5. The van der Waals surface area contributed by atoms with Crippen LogP contribution in [0, 0.1) is 13.8 Å². The summed E-state index contributed by atoms with van der Waals surface area (Å²) in [6.45, 7) is 6.37. The van der Waals surface area contributed by atoms with Gasteiger partial charge >= 0.3 is 0 Å². The van der Waals surface area contributed by atoms with E-state index < -0.39 is 5.91 Å². The monoisotopic (exact) mass is 468 g/mol. The third-order valence-corrected chi connectivity index (χ3v) is 6.62. The van der Waals surface area contributed by atoms with Crippen molar-refractivity contribution in [1.29, 1.82) is 0 Å². The number of halogens is 1. The van der Waals surface area contributed by atoms with E-state index in [-0.39, 0.29) is 11.9 Å². The number of carbonyl (C=O) groups excluding carboxylic acids is 2. The number of nitrogens with two attached hydrogens (primary N) is 1. The van der Waals surface area contributed by atoms with E-state index in [4.69, 9.17) is 17.3 Å². The van der Waals surface area contributed by atoms with Crippen LogP contribution in [0.2, 0.25) is 5.02 Å². The van der Waals surface area contributed by atoms with Crippen molar-refractivity contribution in [3.8, 4) is 0 Å². The molecule has 3 N–H and O–H groups in total. The summed E-state index contributed by atoms with van der Waals surface area (Å²) in [5, 5.41) is 8.07. The van der Waals surface area contributed by atoms with Crippen molar-refractivity contribution < 1.29 is 9.59 Å². The lowest BCUT2D eigenvalue weighted by molar-refractivity contribution is -0.121. The predicted octanol–water partition coefficient (Wildman–Crippen LogP) is 2.98. The van der Waals surface area contributed by atoms with Crippen LogP contribution in [0.25, 0.3) is 5.65 Å². The van der Waals surface area contributed by atoms with Crippen molar-refractivity contribution in [2.24, 2.45) is 5.73 Å². The Balaban J connectivity index is 1.43. The number of rotatable bonds is 8. The van der Waals surface area contributed by atoms with E-state index in [1.807, 2.05) is 32.0 Å². The van der Waals surface area contributed by atoms with E-state index in [2.05, 4.69) is 26.4 Å². The van der Waals surface area contributed by atoms with E-state index >= 15 is 0 Å². The lowest BCUT2D eigenvalue weighted by Gasteiger charge is -2.28. The van der Waals surface area contributed by atoms with Gasteiger partial charge in [-0.25, -0.2) is 9.50 Å². The molecule has 2 amide bonds. The Morgan fingerprint density at radius 1 is 1.24 bits per heavy atom. The highest BCUT2D eigenvalue weighted by molar-refractivity contribution is 6.30. The van der Waals surface area contributed by atoms with Crippen LogP contribution in [0.15, 0.2) is 30.5 Å². The number of hydrogen-bond donors (Lipinski definition) is 2. The van der Waals surface area contributed by atoms with Crippen LogP contribution in [0.1, 0.15) is 58.2 Å². The van der Waals surface area contributed by atoms with Crippen LogP contribution in [0.4, 0.5) is 0 Å². The van der Waals surface area contributed by atoms with Crippen molar-refractivity contribution in [1.82, 2.24) is 24.8 Å². The van der Waals surface area contributed by atoms with Crippen LogP contribution >= 0.6 is 11.6 Å². The van der Waals surface area contributed by atoms with Crippen molar-refractivity contribution in [2.75, 3.05) is 19.6 Å². The van der Waals surface area contributed by atoms with Gasteiger partial charge in [-0.05, 0) is 69.5 Å². The minimum Gasteiger partial charge on any atom is -0.365 e. The molecule has 1 unspecified atom stereocenters. The highest BCUT2D eigenvalue weighted by Crippen LogP contribution is 2.26. The first-order chi connectivity index (χ1) is 15.8. The molecule has 3 heterocycles. The van der Waals surface area contributed by atoms with Gasteiger partial charge in [-0.15, -0.1) is 0 Å². The Hall–Kier alpha value is -2.97. The SMILES string of the molecule is Cc1nc2c(C(N)=O)cnn2c(C)c1CCC(=O)NCC(c1cccc(Cl)c1)N1CCCC1. The Labute approximate surface area is 198 Å². The fourth-order valence-corrected chi connectivity index (χ4v) is 4.81. The molecule has 174 valence electrons. The summed E-state index contributed by atoms with van der Waals surface area (Å²) < 4.78 is 1.61. The second-order valence-corrected chi connectivity index (χ2v) is 8.97.